The topological polar surface area (TPSA) is 61.8 Å². The van der Waals surface area contributed by atoms with Crippen molar-refractivity contribution in [3.05, 3.63) is 36.2 Å². The second-order valence-corrected chi connectivity index (χ2v) is 4.12. The second-order valence-electron chi connectivity index (χ2n) is 2.81. The van der Waals surface area contributed by atoms with Gasteiger partial charge in [-0.3, -0.25) is 0 Å². The number of allylic oxidation sites excluding steroid dienone is 2. The molecule has 2 rings (SSSR count). The first kappa shape index (κ1) is 8.65. The summed E-state index contributed by atoms with van der Waals surface area (Å²) in [7, 11) is 0. The summed E-state index contributed by atoms with van der Waals surface area (Å²) in [6, 6.07) is 0. The summed E-state index contributed by atoms with van der Waals surface area (Å²) in [5.41, 5.74) is 0.667. The molecule has 1 heterocycles. The maximum Gasteiger partial charge on any atom is 0.119 e. The Morgan fingerprint density at radius 1 is 1.54 bits per heavy atom. The van der Waals surface area contributed by atoms with Crippen molar-refractivity contribution in [1.82, 2.24) is 15.4 Å². The summed E-state index contributed by atoms with van der Waals surface area (Å²) in [5.74, 6) is 0. The highest BCUT2D eigenvalue weighted by Gasteiger charge is 2.36. The molecule has 13 heavy (non-hydrogen) atoms. The van der Waals surface area contributed by atoms with Crippen LogP contribution in [-0.4, -0.2) is 26.6 Å². The highest BCUT2D eigenvalue weighted by atomic mass is 79.9. The SMILES string of the molecule is OC1C=CC=CC1(Br)c1cn[nH]n1. The highest BCUT2D eigenvalue weighted by molar-refractivity contribution is 9.09. The van der Waals surface area contributed by atoms with E-state index in [0.717, 1.165) is 0 Å². The number of nitrogens with zero attached hydrogens (tertiary/aromatic N) is 2. The van der Waals surface area contributed by atoms with Crippen molar-refractivity contribution >= 4 is 15.9 Å². The number of aromatic nitrogens is 3. The molecule has 5 heteroatoms. The van der Waals surface area contributed by atoms with Gasteiger partial charge >= 0.3 is 0 Å². The van der Waals surface area contributed by atoms with Gasteiger partial charge in [0.1, 0.15) is 10.0 Å². The van der Waals surface area contributed by atoms with Crippen molar-refractivity contribution < 1.29 is 5.11 Å². The monoisotopic (exact) mass is 241 g/mol. The van der Waals surface area contributed by atoms with Crippen molar-refractivity contribution in [2.24, 2.45) is 0 Å². The summed E-state index contributed by atoms with van der Waals surface area (Å²) in [6.45, 7) is 0. The molecule has 0 saturated carbocycles. The van der Waals surface area contributed by atoms with E-state index in [4.69, 9.17) is 0 Å². The minimum Gasteiger partial charge on any atom is -0.387 e. The molecule has 0 spiro atoms. The van der Waals surface area contributed by atoms with Crippen molar-refractivity contribution in [3.63, 3.8) is 0 Å². The van der Waals surface area contributed by atoms with Gasteiger partial charge in [-0.25, -0.2) is 0 Å². The molecule has 0 aliphatic heterocycles. The molecule has 0 bridgehead atoms. The zero-order valence-corrected chi connectivity index (χ0v) is 8.27. The van der Waals surface area contributed by atoms with Gasteiger partial charge in [-0.05, 0) is 0 Å². The summed E-state index contributed by atoms with van der Waals surface area (Å²) in [6.07, 6.45) is 8.16. The maximum atomic E-state index is 9.73. The zero-order chi connectivity index (χ0) is 9.31. The number of nitrogens with one attached hydrogen (secondary N) is 1. The Labute approximate surface area is 83.5 Å². The Morgan fingerprint density at radius 2 is 2.38 bits per heavy atom. The molecule has 0 saturated heterocycles. The number of aromatic amines is 1. The third-order valence-electron chi connectivity index (χ3n) is 1.98. The van der Waals surface area contributed by atoms with Crippen LogP contribution >= 0.6 is 15.9 Å². The van der Waals surface area contributed by atoms with Crippen LogP contribution in [0.25, 0.3) is 0 Å². The number of alkyl halides is 1. The van der Waals surface area contributed by atoms with E-state index < -0.39 is 10.4 Å². The zero-order valence-electron chi connectivity index (χ0n) is 6.68. The highest BCUT2D eigenvalue weighted by Crippen LogP contribution is 2.37. The Balaban J connectivity index is 2.41. The van der Waals surface area contributed by atoms with E-state index in [1.54, 1.807) is 18.3 Å². The lowest BCUT2D eigenvalue weighted by Crippen LogP contribution is -2.32. The number of halogens is 1. The first-order valence-corrected chi connectivity index (χ1v) is 4.62. The first-order valence-electron chi connectivity index (χ1n) is 3.83. The van der Waals surface area contributed by atoms with E-state index in [1.807, 2.05) is 12.2 Å². The summed E-state index contributed by atoms with van der Waals surface area (Å²) >= 11 is 3.44. The summed E-state index contributed by atoms with van der Waals surface area (Å²) in [4.78, 5) is 0. The fourth-order valence-corrected chi connectivity index (χ4v) is 1.72. The van der Waals surface area contributed by atoms with E-state index in [0.29, 0.717) is 5.69 Å². The van der Waals surface area contributed by atoms with E-state index in [9.17, 15) is 5.11 Å². The van der Waals surface area contributed by atoms with Crippen molar-refractivity contribution in [3.8, 4) is 0 Å². The van der Waals surface area contributed by atoms with Crippen molar-refractivity contribution in [2.75, 3.05) is 0 Å². The van der Waals surface area contributed by atoms with Gasteiger partial charge in [0, 0.05) is 0 Å². The van der Waals surface area contributed by atoms with Crippen LogP contribution in [0.2, 0.25) is 0 Å². The van der Waals surface area contributed by atoms with Gasteiger partial charge in [0.05, 0.1) is 12.3 Å². The van der Waals surface area contributed by atoms with Crippen LogP contribution in [0.1, 0.15) is 5.69 Å². The number of rotatable bonds is 1. The standard InChI is InChI=1S/C8H8BrN3O/c9-8(6-5-10-12-11-6)4-2-1-3-7(8)13/h1-5,7,13H,(H,10,11,12). The summed E-state index contributed by atoms with van der Waals surface area (Å²) < 4.78 is -0.644. The maximum absolute atomic E-state index is 9.73. The third-order valence-corrected chi connectivity index (χ3v) is 3.12. The largest absolute Gasteiger partial charge is 0.387 e. The van der Waals surface area contributed by atoms with E-state index >= 15 is 0 Å². The number of hydrogen-bond acceptors (Lipinski definition) is 3. The molecule has 2 unspecified atom stereocenters. The van der Waals surface area contributed by atoms with Gasteiger partial charge < -0.3 is 5.11 Å². The van der Waals surface area contributed by atoms with Gasteiger partial charge in [0.2, 0.25) is 0 Å². The van der Waals surface area contributed by atoms with Crippen molar-refractivity contribution in [1.29, 1.82) is 0 Å². The summed E-state index contributed by atoms with van der Waals surface area (Å²) in [5, 5.41) is 19.9. The van der Waals surface area contributed by atoms with E-state index in [2.05, 4.69) is 31.3 Å². The number of aliphatic hydroxyl groups is 1. The molecule has 1 aliphatic rings. The van der Waals surface area contributed by atoms with Gasteiger partial charge in [-0.15, -0.1) is 0 Å². The van der Waals surface area contributed by atoms with Crippen LogP contribution in [0.5, 0.6) is 0 Å². The van der Waals surface area contributed by atoms with Gasteiger partial charge in [-0.2, -0.15) is 15.4 Å². The fraction of sp³-hybridized carbons (Fsp3) is 0.250. The molecule has 1 aromatic heterocycles. The normalized spacial score (nSPS) is 32.3. The fourth-order valence-electron chi connectivity index (χ4n) is 1.23. The molecule has 2 N–H and O–H groups in total. The second kappa shape index (κ2) is 3.08. The molecule has 0 radical (unpaired) electrons. The lowest BCUT2D eigenvalue weighted by atomic mass is 9.95. The van der Waals surface area contributed by atoms with Crippen LogP contribution in [0, 0.1) is 0 Å². The lowest BCUT2D eigenvalue weighted by Gasteiger charge is -2.26. The molecular formula is C8H8BrN3O. The molecule has 0 fully saturated rings. The minimum absolute atomic E-state index is 0.623. The average molecular weight is 242 g/mol. The molecule has 1 aliphatic carbocycles. The number of hydrogen-bond donors (Lipinski definition) is 2. The molecule has 0 amide bonds. The molecular weight excluding hydrogens is 234 g/mol. The van der Waals surface area contributed by atoms with E-state index in [1.165, 1.54) is 0 Å². The Bertz CT molecular complexity index is 346. The Hall–Kier alpha value is -0.940. The number of aliphatic hydroxyl groups excluding tert-OH is 1. The molecule has 68 valence electrons. The quantitative estimate of drug-likeness (QED) is 0.718. The smallest absolute Gasteiger partial charge is 0.119 e. The van der Waals surface area contributed by atoms with Crippen molar-refractivity contribution in [2.45, 2.75) is 10.4 Å². The van der Waals surface area contributed by atoms with Crippen LogP contribution in [0.4, 0.5) is 0 Å². The minimum atomic E-state index is -0.644. The van der Waals surface area contributed by atoms with Gasteiger partial charge in [0.15, 0.2) is 0 Å². The molecule has 4 nitrogen and oxygen atoms in total. The van der Waals surface area contributed by atoms with Crippen LogP contribution in [0.15, 0.2) is 30.5 Å². The number of H-pyrrole nitrogens is 1. The average Bonchev–Trinajstić information content (AvgIpc) is 2.63. The molecule has 0 aromatic carbocycles. The predicted molar refractivity (Wildman–Crippen MR) is 51.3 cm³/mol. The Morgan fingerprint density at radius 3 is 3.00 bits per heavy atom. The Kier molecular flexibility index (Phi) is 2.05. The lowest BCUT2D eigenvalue weighted by molar-refractivity contribution is 0.193. The van der Waals surface area contributed by atoms with Crippen LogP contribution in [-0.2, 0) is 4.32 Å². The predicted octanol–water partition coefficient (Wildman–Crippen LogP) is 0.882. The van der Waals surface area contributed by atoms with Gasteiger partial charge in [0.25, 0.3) is 0 Å². The third kappa shape index (κ3) is 1.34. The van der Waals surface area contributed by atoms with E-state index in [-0.39, 0.29) is 0 Å². The molecule has 1 aromatic rings. The van der Waals surface area contributed by atoms with Gasteiger partial charge in [-0.1, -0.05) is 40.2 Å². The molecule has 2 atom stereocenters. The van der Waals surface area contributed by atoms with Crippen LogP contribution in [0.3, 0.4) is 0 Å². The van der Waals surface area contributed by atoms with Crippen LogP contribution < -0.4 is 0 Å². The first-order chi connectivity index (χ1) is 6.23.